The normalized spacial score (nSPS) is 10.8. The lowest BCUT2D eigenvalue weighted by molar-refractivity contribution is 0.0433. The van der Waals surface area contributed by atoms with Crippen LogP contribution in [0.3, 0.4) is 0 Å². The number of hydrogen-bond donors (Lipinski definition) is 2. The molecular formula is C23H24ClN3O3. The zero-order valence-electron chi connectivity index (χ0n) is 16.8. The third-order valence-corrected chi connectivity index (χ3v) is 5.16. The van der Waals surface area contributed by atoms with Gasteiger partial charge in [0.1, 0.15) is 6.61 Å². The minimum absolute atomic E-state index is 0.000647. The number of aliphatic hydroxyl groups is 1. The van der Waals surface area contributed by atoms with Crippen LogP contribution in [0.4, 0.5) is 5.95 Å². The standard InChI is InChI=1S/C23H24ClN3O3/c1-15-19(6-3-7-20(15)24)21-14-18(26-23(25)27-21)5-2-4-16-8-10-17(11-9-16)22(29)30-13-12-28/h3,6-11,14,28H,2,4-5,12-13H2,1H3,(H2,25,26,27). The van der Waals surface area contributed by atoms with Gasteiger partial charge in [-0.3, -0.25) is 0 Å². The summed E-state index contributed by atoms with van der Waals surface area (Å²) in [6, 6.07) is 15.0. The van der Waals surface area contributed by atoms with E-state index in [1.54, 1.807) is 12.1 Å². The summed E-state index contributed by atoms with van der Waals surface area (Å²) in [5.41, 5.74) is 11.1. The smallest absolute Gasteiger partial charge is 0.338 e. The lowest BCUT2D eigenvalue weighted by Crippen LogP contribution is -2.08. The van der Waals surface area contributed by atoms with Crippen molar-refractivity contribution in [3.8, 4) is 11.3 Å². The number of esters is 1. The van der Waals surface area contributed by atoms with Crippen molar-refractivity contribution in [1.29, 1.82) is 0 Å². The number of nitrogens with zero attached hydrogens (tertiary/aromatic N) is 2. The number of anilines is 1. The van der Waals surface area contributed by atoms with Crippen molar-refractivity contribution in [2.45, 2.75) is 26.2 Å². The van der Waals surface area contributed by atoms with Crippen LogP contribution >= 0.6 is 11.6 Å². The maximum absolute atomic E-state index is 11.8. The van der Waals surface area contributed by atoms with Crippen LogP contribution in [0, 0.1) is 6.92 Å². The fourth-order valence-electron chi connectivity index (χ4n) is 3.17. The van der Waals surface area contributed by atoms with Crippen LogP contribution in [-0.4, -0.2) is 34.3 Å². The number of rotatable bonds is 8. The second-order valence-corrected chi connectivity index (χ2v) is 7.33. The first-order chi connectivity index (χ1) is 14.5. The monoisotopic (exact) mass is 425 g/mol. The molecule has 3 aromatic rings. The van der Waals surface area contributed by atoms with Crippen molar-refractivity contribution in [3.63, 3.8) is 0 Å². The van der Waals surface area contributed by atoms with Crippen molar-refractivity contribution in [1.82, 2.24) is 9.97 Å². The van der Waals surface area contributed by atoms with Gasteiger partial charge in [0.15, 0.2) is 0 Å². The number of carbonyl (C=O) groups excluding carboxylic acids is 1. The highest BCUT2D eigenvalue weighted by Gasteiger charge is 2.10. The van der Waals surface area contributed by atoms with E-state index in [0.717, 1.165) is 47.3 Å². The lowest BCUT2D eigenvalue weighted by atomic mass is 10.0. The van der Waals surface area contributed by atoms with E-state index < -0.39 is 5.97 Å². The first-order valence-corrected chi connectivity index (χ1v) is 10.1. The molecule has 0 unspecified atom stereocenters. The lowest BCUT2D eigenvalue weighted by Gasteiger charge is -2.10. The van der Waals surface area contributed by atoms with Gasteiger partial charge in [0.05, 0.1) is 17.9 Å². The molecule has 0 aliphatic rings. The second-order valence-electron chi connectivity index (χ2n) is 6.93. The average molecular weight is 426 g/mol. The fourth-order valence-corrected chi connectivity index (χ4v) is 3.35. The molecule has 0 amide bonds. The van der Waals surface area contributed by atoms with E-state index in [2.05, 4.69) is 9.97 Å². The van der Waals surface area contributed by atoms with Crippen molar-refractivity contribution in [2.75, 3.05) is 18.9 Å². The Kier molecular flexibility index (Phi) is 7.38. The van der Waals surface area contributed by atoms with Gasteiger partial charge >= 0.3 is 5.97 Å². The number of nitrogen functional groups attached to an aromatic ring is 1. The third kappa shape index (κ3) is 5.55. The molecule has 0 fully saturated rings. The largest absolute Gasteiger partial charge is 0.460 e. The molecule has 0 spiro atoms. The minimum atomic E-state index is -0.434. The number of benzene rings is 2. The fraction of sp³-hybridized carbons (Fsp3) is 0.261. The Bertz CT molecular complexity index is 1020. The number of halogens is 1. The Balaban J connectivity index is 1.63. The molecule has 7 heteroatoms. The quantitative estimate of drug-likeness (QED) is 0.529. The van der Waals surface area contributed by atoms with E-state index >= 15 is 0 Å². The number of ether oxygens (including phenoxy) is 1. The summed E-state index contributed by atoms with van der Waals surface area (Å²) < 4.78 is 4.91. The van der Waals surface area contributed by atoms with Gasteiger partial charge < -0.3 is 15.6 Å². The zero-order chi connectivity index (χ0) is 21.5. The zero-order valence-corrected chi connectivity index (χ0v) is 17.5. The van der Waals surface area contributed by atoms with E-state index in [-0.39, 0.29) is 19.2 Å². The van der Waals surface area contributed by atoms with Gasteiger partial charge in [0.2, 0.25) is 5.95 Å². The van der Waals surface area contributed by atoms with Crippen LogP contribution in [0.5, 0.6) is 0 Å². The molecule has 156 valence electrons. The molecule has 0 saturated heterocycles. The molecule has 0 aliphatic heterocycles. The van der Waals surface area contributed by atoms with Crippen LogP contribution < -0.4 is 5.73 Å². The van der Waals surface area contributed by atoms with Gasteiger partial charge in [0.25, 0.3) is 0 Å². The first kappa shape index (κ1) is 21.7. The molecule has 0 atom stereocenters. The maximum atomic E-state index is 11.8. The third-order valence-electron chi connectivity index (χ3n) is 4.75. The van der Waals surface area contributed by atoms with Gasteiger partial charge in [-0.2, -0.15) is 0 Å². The molecule has 3 rings (SSSR count). The Hall–Kier alpha value is -2.96. The Morgan fingerprint density at radius 2 is 1.90 bits per heavy atom. The minimum Gasteiger partial charge on any atom is -0.460 e. The van der Waals surface area contributed by atoms with E-state index in [4.69, 9.17) is 27.2 Å². The van der Waals surface area contributed by atoms with Gasteiger partial charge in [-0.1, -0.05) is 35.9 Å². The predicted octanol–water partition coefficient (Wildman–Crippen LogP) is 4.01. The van der Waals surface area contributed by atoms with Gasteiger partial charge in [-0.25, -0.2) is 14.8 Å². The number of aliphatic hydroxyl groups excluding tert-OH is 1. The van der Waals surface area contributed by atoms with Gasteiger partial charge in [0, 0.05) is 16.3 Å². The number of aromatic nitrogens is 2. The first-order valence-electron chi connectivity index (χ1n) is 9.74. The average Bonchev–Trinajstić information content (AvgIpc) is 2.74. The van der Waals surface area contributed by atoms with Crippen LogP contribution in [0.15, 0.2) is 48.5 Å². The van der Waals surface area contributed by atoms with Crippen LogP contribution in [-0.2, 0) is 17.6 Å². The van der Waals surface area contributed by atoms with E-state index in [1.807, 2.05) is 43.3 Å². The van der Waals surface area contributed by atoms with Crippen LogP contribution in [0.1, 0.15) is 33.6 Å². The number of aryl methyl sites for hydroxylation is 2. The summed E-state index contributed by atoms with van der Waals surface area (Å²) in [6.07, 6.45) is 2.46. The molecule has 0 saturated carbocycles. The Morgan fingerprint density at radius 1 is 1.13 bits per heavy atom. The highest BCUT2D eigenvalue weighted by atomic mass is 35.5. The highest BCUT2D eigenvalue weighted by Crippen LogP contribution is 2.28. The van der Waals surface area contributed by atoms with E-state index in [9.17, 15) is 4.79 Å². The van der Waals surface area contributed by atoms with Crippen molar-refractivity contribution in [3.05, 3.63) is 75.9 Å². The summed E-state index contributed by atoms with van der Waals surface area (Å²) in [5, 5.41) is 9.41. The van der Waals surface area contributed by atoms with Crippen LogP contribution in [0.2, 0.25) is 5.02 Å². The van der Waals surface area contributed by atoms with E-state index in [1.165, 1.54) is 0 Å². The molecule has 0 aliphatic carbocycles. The molecule has 3 N–H and O–H groups in total. The Labute approximate surface area is 180 Å². The molecule has 0 radical (unpaired) electrons. The SMILES string of the molecule is Cc1c(Cl)cccc1-c1cc(CCCc2ccc(C(=O)OCCO)cc2)nc(N)n1. The maximum Gasteiger partial charge on any atom is 0.338 e. The van der Waals surface area contributed by atoms with Crippen LogP contribution in [0.25, 0.3) is 11.3 Å². The second kappa shape index (κ2) is 10.2. The molecule has 6 nitrogen and oxygen atoms in total. The molecular weight excluding hydrogens is 402 g/mol. The van der Waals surface area contributed by atoms with Gasteiger partial charge in [-0.15, -0.1) is 0 Å². The van der Waals surface area contributed by atoms with Gasteiger partial charge in [-0.05, 0) is 61.6 Å². The molecule has 30 heavy (non-hydrogen) atoms. The topological polar surface area (TPSA) is 98.3 Å². The van der Waals surface area contributed by atoms with Crippen molar-refractivity contribution >= 4 is 23.5 Å². The van der Waals surface area contributed by atoms with E-state index in [0.29, 0.717) is 10.6 Å². The predicted molar refractivity (Wildman–Crippen MR) is 117 cm³/mol. The molecule has 1 aromatic heterocycles. The highest BCUT2D eigenvalue weighted by molar-refractivity contribution is 6.31. The van der Waals surface area contributed by atoms with Crippen molar-refractivity contribution < 1.29 is 14.6 Å². The number of hydrogen-bond acceptors (Lipinski definition) is 6. The summed E-state index contributed by atoms with van der Waals surface area (Å²) >= 11 is 6.24. The summed E-state index contributed by atoms with van der Waals surface area (Å²) in [5.74, 6) is -0.191. The Morgan fingerprint density at radius 3 is 2.63 bits per heavy atom. The summed E-state index contributed by atoms with van der Waals surface area (Å²) in [4.78, 5) is 20.5. The molecule has 2 aromatic carbocycles. The molecule has 1 heterocycles. The summed E-state index contributed by atoms with van der Waals surface area (Å²) in [6.45, 7) is 1.77. The molecule has 0 bridgehead atoms. The summed E-state index contributed by atoms with van der Waals surface area (Å²) in [7, 11) is 0. The van der Waals surface area contributed by atoms with Crippen molar-refractivity contribution in [2.24, 2.45) is 0 Å². The number of nitrogens with two attached hydrogens (primary N) is 1. The number of carbonyl (C=O) groups is 1.